The van der Waals surface area contributed by atoms with Gasteiger partial charge in [-0.3, -0.25) is 4.72 Å². The van der Waals surface area contributed by atoms with Gasteiger partial charge >= 0.3 is 0 Å². The second kappa shape index (κ2) is 6.13. The summed E-state index contributed by atoms with van der Waals surface area (Å²) in [4.78, 5) is -0.274. The predicted octanol–water partition coefficient (Wildman–Crippen LogP) is 3.19. The van der Waals surface area contributed by atoms with Crippen molar-refractivity contribution in [3.8, 4) is 0 Å². The Morgan fingerprint density at radius 1 is 1.29 bits per heavy atom. The quantitative estimate of drug-likeness (QED) is 0.864. The molecule has 0 unspecified atom stereocenters. The molecule has 0 heterocycles. The third kappa shape index (κ3) is 3.42. The molecule has 0 fully saturated rings. The van der Waals surface area contributed by atoms with E-state index in [0.717, 1.165) is 16.6 Å². The summed E-state index contributed by atoms with van der Waals surface area (Å²) in [5.74, 6) is -0.682. The number of hydrogen-bond donors (Lipinski definition) is 2. The van der Waals surface area contributed by atoms with Crippen molar-refractivity contribution < 1.29 is 17.9 Å². The normalized spacial score (nSPS) is 11.4. The molecular weight excluding hydrogens is 361 g/mol. The third-order valence-electron chi connectivity index (χ3n) is 3.00. The summed E-state index contributed by atoms with van der Waals surface area (Å²) in [6, 6.07) is 8.32. The Morgan fingerprint density at radius 2 is 2.00 bits per heavy atom. The van der Waals surface area contributed by atoms with E-state index in [-0.39, 0.29) is 10.5 Å². The van der Waals surface area contributed by atoms with Crippen molar-refractivity contribution >= 4 is 31.6 Å². The summed E-state index contributed by atoms with van der Waals surface area (Å²) in [5.41, 5.74) is 1.23. The van der Waals surface area contributed by atoms with Crippen molar-refractivity contribution in [3.63, 3.8) is 0 Å². The molecule has 112 valence electrons. The van der Waals surface area contributed by atoms with Crippen LogP contribution in [0.25, 0.3) is 0 Å². The zero-order chi connectivity index (χ0) is 15.6. The smallest absolute Gasteiger partial charge is 0.262 e. The summed E-state index contributed by atoms with van der Waals surface area (Å²) in [5, 5.41) is 9.22. The molecule has 0 aliphatic carbocycles. The molecule has 0 saturated carbocycles. The summed E-state index contributed by atoms with van der Waals surface area (Å²) in [7, 11) is -3.99. The molecule has 0 saturated heterocycles. The highest BCUT2D eigenvalue weighted by Gasteiger charge is 2.20. The fourth-order valence-electron chi connectivity index (χ4n) is 1.83. The van der Waals surface area contributed by atoms with Crippen LogP contribution in [-0.4, -0.2) is 13.5 Å². The van der Waals surface area contributed by atoms with Crippen molar-refractivity contribution in [3.05, 3.63) is 57.8 Å². The van der Waals surface area contributed by atoms with Crippen molar-refractivity contribution in [1.29, 1.82) is 0 Å². The number of benzene rings is 2. The van der Waals surface area contributed by atoms with Gasteiger partial charge in [0.2, 0.25) is 0 Å². The lowest BCUT2D eigenvalue weighted by Crippen LogP contribution is -2.16. The van der Waals surface area contributed by atoms with Gasteiger partial charge in [0.15, 0.2) is 0 Å². The maximum Gasteiger partial charge on any atom is 0.262 e. The molecule has 0 aromatic heterocycles. The minimum absolute atomic E-state index is 0.136. The van der Waals surface area contributed by atoms with Crippen molar-refractivity contribution in [2.24, 2.45) is 0 Å². The molecule has 0 aliphatic rings. The molecule has 0 atom stereocenters. The lowest BCUT2D eigenvalue weighted by molar-refractivity contribution is 0.278. The molecular formula is C14H13BrFNO3S. The highest BCUT2D eigenvalue weighted by Crippen LogP contribution is 2.27. The number of sulfonamides is 1. The third-order valence-corrected chi connectivity index (χ3v) is 5.31. The molecule has 7 heteroatoms. The molecule has 21 heavy (non-hydrogen) atoms. The molecule has 0 aliphatic heterocycles. The van der Waals surface area contributed by atoms with Crippen LogP contribution in [0.5, 0.6) is 0 Å². The highest BCUT2D eigenvalue weighted by atomic mass is 79.9. The summed E-state index contributed by atoms with van der Waals surface area (Å²) >= 11 is 3.31. The molecule has 2 N–H and O–H groups in total. The Bertz CT molecular complexity index is 778. The zero-order valence-electron chi connectivity index (χ0n) is 11.1. The van der Waals surface area contributed by atoms with Gasteiger partial charge in [0.25, 0.3) is 10.0 Å². The minimum atomic E-state index is -3.99. The lowest BCUT2D eigenvalue weighted by atomic mass is 10.2. The fourth-order valence-corrected chi connectivity index (χ4v) is 3.56. The van der Waals surface area contributed by atoms with Crippen LogP contribution in [-0.2, 0) is 16.6 Å². The van der Waals surface area contributed by atoms with E-state index in [1.54, 1.807) is 25.1 Å². The molecule has 0 radical (unpaired) electrons. The second-order valence-electron chi connectivity index (χ2n) is 4.43. The van der Waals surface area contributed by atoms with Gasteiger partial charge in [0.1, 0.15) is 5.82 Å². The topological polar surface area (TPSA) is 66.4 Å². The first-order chi connectivity index (χ1) is 9.85. The Labute approximate surface area is 130 Å². The van der Waals surface area contributed by atoms with Gasteiger partial charge in [0.05, 0.1) is 17.2 Å². The first-order valence-electron chi connectivity index (χ1n) is 6.02. The highest BCUT2D eigenvalue weighted by molar-refractivity contribution is 9.10. The molecule has 0 bridgehead atoms. The molecule has 2 aromatic carbocycles. The molecule has 4 nitrogen and oxygen atoms in total. The van der Waals surface area contributed by atoms with Crippen LogP contribution in [0.3, 0.4) is 0 Å². The van der Waals surface area contributed by atoms with E-state index >= 15 is 0 Å². The van der Waals surface area contributed by atoms with Crippen LogP contribution >= 0.6 is 15.9 Å². The molecule has 2 aromatic rings. The van der Waals surface area contributed by atoms with Gasteiger partial charge in [-0.15, -0.1) is 0 Å². The van der Waals surface area contributed by atoms with Crippen LogP contribution < -0.4 is 4.72 Å². The van der Waals surface area contributed by atoms with E-state index < -0.39 is 22.4 Å². The fraction of sp³-hybridized carbons (Fsp3) is 0.143. The Balaban J connectivity index is 2.48. The number of hydrogen-bond acceptors (Lipinski definition) is 3. The van der Waals surface area contributed by atoms with E-state index in [4.69, 9.17) is 0 Å². The number of rotatable bonds is 4. The van der Waals surface area contributed by atoms with E-state index in [9.17, 15) is 17.9 Å². The summed E-state index contributed by atoms with van der Waals surface area (Å²) in [6.07, 6.45) is 0. The van der Waals surface area contributed by atoms with Crippen LogP contribution in [0.2, 0.25) is 0 Å². The second-order valence-corrected chi connectivity index (χ2v) is 6.93. The first kappa shape index (κ1) is 15.9. The lowest BCUT2D eigenvalue weighted by Gasteiger charge is -2.13. The number of aliphatic hydroxyl groups is 1. The number of nitrogens with one attached hydrogen (secondary N) is 1. The average Bonchev–Trinajstić information content (AvgIpc) is 2.44. The molecule has 0 spiro atoms. The van der Waals surface area contributed by atoms with Gasteiger partial charge in [-0.1, -0.05) is 28.1 Å². The Kier molecular flexibility index (Phi) is 4.65. The SMILES string of the molecule is Cc1c(Br)cccc1NS(=O)(=O)c1cc(F)ccc1CO. The van der Waals surface area contributed by atoms with Crippen LogP contribution in [0.1, 0.15) is 11.1 Å². The van der Waals surface area contributed by atoms with E-state index in [0.29, 0.717) is 11.3 Å². The standard InChI is InChI=1S/C14H13BrFNO3S/c1-9-12(15)3-2-4-13(9)17-21(19,20)14-7-11(16)6-5-10(14)8-18/h2-7,17-18H,8H2,1H3. The average molecular weight is 374 g/mol. The van der Waals surface area contributed by atoms with E-state index in [1.807, 2.05) is 0 Å². The van der Waals surface area contributed by atoms with Crippen molar-refractivity contribution in [2.45, 2.75) is 18.4 Å². The van der Waals surface area contributed by atoms with Crippen molar-refractivity contribution in [2.75, 3.05) is 4.72 Å². The number of anilines is 1. The largest absolute Gasteiger partial charge is 0.392 e. The zero-order valence-corrected chi connectivity index (χ0v) is 13.5. The van der Waals surface area contributed by atoms with Gasteiger partial charge in [-0.05, 0) is 42.3 Å². The van der Waals surface area contributed by atoms with Gasteiger partial charge in [-0.2, -0.15) is 0 Å². The maximum absolute atomic E-state index is 13.3. The minimum Gasteiger partial charge on any atom is -0.392 e. The predicted molar refractivity (Wildman–Crippen MR) is 82.0 cm³/mol. The molecule has 2 rings (SSSR count). The van der Waals surface area contributed by atoms with Gasteiger partial charge < -0.3 is 5.11 Å². The number of halogens is 2. The Hall–Kier alpha value is -1.44. The number of aliphatic hydroxyl groups excluding tert-OH is 1. The van der Waals surface area contributed by atoms with Gasteiger partial charge in [0, 0.05) is 4.47 Å². The van der Waals surface area contributed by atoms with E-state index in [1.165, 1.54) is 6.07 Å². The van der Waals surface area contributed by atoms with Crippen LogP contribution in [0.15, 0.2) is 45.8 Å². The van der Waals surface area contributed by atoms with Gasteiger partial charge in [-0.25, -0.2) is 12.8 Å². The first-order valence-corrected chi connectivity index (χ1v) is 8.30. The Morgan fingerprint density at radius 3 is 2.67 bits per heavy atom. The van der Waals surface area contributed by atoms with E-state index in [2.05, 4.69) is 20.7 Å². The molecule has 0 amide bonds. The van der Waals surface area contributed by atoms with Crippen molar-refractivity contribution in [1.82, 2.24) is 0 Å². The maximum atomic E-state index is 13.3. The monoisotopic (exact) mass is 373 g/mol. The summed E-state index contributed by atoms with van der Waals surface area (Å²) < 4.78 is 41.3. The van der Waals surface area contributed by atoms with Crippen LogP contribution in [0, 0.1) is 12.7 Å². The summed E-state index contributed by atoms with van der Waals surface area (Å²) in [6.45, 7) is 1.26. The van der Waals surface area contributed by atoms with Crippen LogP contribution in [0.4, 0.5) is 10.1 Å².